The van der Waals surface area contributed by atoms with E-state index < -0.39 is 5.69 Å². The molecule has 8 nitrogen and oxygen atoms in total. The number of anilines is 1. The van der Waals surface area contributed by atoms with Gasteiger partial charge in [0.05, 0.1) is 0 Å². The molecular weight excluding hydrogens is 308 g/mol. The van der Waals surface area contributed by atoms with Gasteiger partial charge in [0, 0.05) is 48.0 Å². The van der Waals surface area contributed by atoms with Crippen LogP contribution in [0.4, 0.5) is 5.82 Å². The second-order valence-corrected chi connectivity index (χ2v) is 5.23. The molecule has 0 amide bonds. The lowest BCUT2D eigenvalue weighted by atomic mass is 10.2. The van der Waals surface area contributed by atoms with Gasteiger partial charge < -0.3 is 10.3 Å². The van der Waals surface area contributed by atoms with Gasteiger partial charge in [0.15, 0.2) is 5.82 Å². The van der Waals surface area contributed by atoms with Crippen molar-refractivity contribution in [2.24, 2.45) is 0 Å². The van der Waals surface area contributed by atoms with Crippen LogP contribution in [0.2, 0.25) is 0 Å². The summed E-state index contributed by atoms with van der Waals surface area (Å²) in [6.07, 6.45) is 5.28. The van der Waals surface area contributed by atoms with Crippen molar-refractivity contribution in [1.82, 2.24) is 24.9 Å². The molecule has 3 heterocycles. The van der Waals surface area contributed by atoms with Gasteiger partial charge in [-0.1, -0.05) is 0 Å². The Balaban J connectivity index is 1.72. The SMILES string of the molecule is Cc1cc(NCCc2c[nH]c(=O)[nH]c2=O)nc(-c2cccnc2)n1. The lowest BCUT2D eigenvalue weighted by Crippen LogP contribution is -2.25. The van der Waals surface area contributed by atoms with Gasteiger partial charge in [-0.25, -0.2) is 14.8 Å². The lowest BCUT2D eigenvalue weighted by molar-refractivity contribution is 0.921. The molecule has 3 aromatic rings. The van der Waals surface area contributed by atoms with Gasteiger partial charge in [-0.3, -0.25) is 14.8 Å². The third-order valence-electron chi connectivity index (χ3n) is 3.37. The van der Waals surface area contributed by atoms with E-state index in [2.05, 4.69) is 30.2 Å². The van der Waals surface area contributed by atoms with Crippen molar-refractivity contribution in [1.29, 1.82) is 0 Å². The van der Waals surface area contributed by atoms with Crippen molar-refractivity contribution in [3.63, 3.8) is 0 Å². The normalized spacial score (nSPS) is 10.5. The average Bonchev–Trinajstić information content (AvgIpc) is 2.57. The molecule has 0 spiro atoms. The first-order valence-corrected chi connectivity index (χ1v) is 7.42. The predicted molar refractivity (Wildman–Crippen MR) is 89.9 cm³/mol. The number of hydrogen-bond donors (Lipinski definition) is 3. The molecule has 0 aromatic carbocycles. The van der Waals surface area contributed by atoms with Gasteiger partial charge >= 0.3 is 5.69 Å². The van der Waals surface area contributed by atoms with E-state index in [9.17, 15) is 9.59 Å². The van der Waals surface area contributed by atoms with Crippen molar-refractivity contribution in [3.05, 3.63) is 68.9 Å². The molecule has 3 rings (SSSR count). The predicted octanol–water partition coefficient (Wildman–Crippen LogP) is 0.878. The van der Waals surface area contributed by atoms with Crippen LogP contribution in [-0.4, -0.2) is 31.5 Å². The summed E-state index contributed by atoms with van der Waals surface area (Å²) in [7, 11) is 0. The van der Waals surface area contributed by atoms with Gasteiger partial charge in [-0.05, 0) is 25.5 Å². The van der Waals surface area contributed by atoms with Crippen molar-refractivity contribution in [2.75, 3.05) is 11.9 Å². The Morgan fingerprint density at radius 2 is 2.12 bits per heavy atom. The first kappa shape index (κ1) is 15.6. The zero-order chi connectivity index (χ0) is 16.9. The van der Waals surface area contributed by atoms with Crippen molar-refractivity contribution < 1.29 is 0 Å². The molecule has 0 radical (unpaired) electrons. The van der Waals surface area contributed by atoms with Gasteiger partial charge in [-0.2, -0.15) is 0 Å². The van der Waals surface area contributed by atoms with Crippen molar-refractivity contribution >= 4 is 5.82 Å². The molecule has 0 unspecified atom stereocenters. The van der Waals surface area contributed by atoms with E-state index in [1.807, 2.05) is 25.1 Å². The first-order chi connectivity index (χ1) is 11.6. The minimum atomic E-state index is -0.510. The number of aryl methyl sites for hydroxylation is 1. The number of nitrogens with zero attached hydrogens (tertiary/aromatic N) is 3. The molecule has 3 aromatic heterocycles. The Kier molecular flexibility index (Phi) is 4.46. The largest absolute Gasteiger partial charge is 0.370 e. The highest BCUT2D eigenvalue weighted by Gasteiger charge is 2.06. The third kappa shape index (κ3) is 3.72. The van der Waals surface area contributed by atoms with Gasteiger partial charge in [0.1, 0.15) is 5.82 Å². The van der Waals surface area contributed by atoms with Crippen LogP contribution in [0.15, 0.2) is 46.4 Å². The average molecular weight is 324 g/mol. The highest BCUT2D eigenvalue weighted by atomic mass is 16.2. The molecule has 0 saturated heterocycles. The first-order valence-electron chi connectivity index (χ1n) is 7.42. The van der Waals surface area contributed by atoms with E-state index in [4.69, 9.17) is 0 Å². The molecule has 0 aliphatic rings. The van der Waals surface area contributed by atoms with Crippen LogP contribution >= 0.6 is 0 Å². The standard InChI is InChI=1S/C16H16N6O2/c1-10-7-13(21-14(20-10)11-3-2-5-17-8-11)18-6-4-12-9-19-16(24)22-15(12)23/h2-3,5,7-9H,4,6H2,1H3,(H,18,20,21)(H2,19,22,23,24). The van der Waals surface area contributed by atoms with Gasteiger partial charge in [0.25, 0.3) is 5.56 Å². The van der Waals surface area contributed by atoms with Crippen LogP contribution in [0, 0.1) is 6.92 Å². The van der Waals surface area contributed by atoms with Crippen LogP contribution in [0.3, 0.4) is 0 Å². The maximum atomic E-state index is 11.6. The summed E-state index contributed by atoms with van der Waals surface area (Å²) in [6.45, 7) is 2.39. The van der Waals surface area contributed by atoms with Crippen LogP contribution in [-0.2, 0) is 6.42 Å². The Bertz CT molecular complexity index is 949. The summed E-state index contributed by atoms with van der Waals surface area (Å²) in [4.78, 5) is 40.2. The number of H-pyrrole nitrogens is 2. The maximum Gasteiger partial charge on any atom is 0.325 e. The molecule has 0 aliphatic heterocycles. The van der Waals surface area contributed by atoms with E-state index in [0.717, 1.165) is 11.3 Å². The van der Waals surface area contributed by atoms with Gasteiger partial charge in [0.2, 0.25) is 0 Å². The lowest BCUT2D eigenvalue weighted by Gasteiger charge is -2.08. The zero-order valence-electron chi connectivity index (χ0n) is 13.0. The second-order valence-electron chi connectivity index (χ2n) is 5.23. The molecule has 122 valence electrons. The summed E-state index contributed by atoms with van der Waals surface area (Å²) in [5.41, 5.74) is 1.27. The molecule has 0 aliphatic carbocycles. The van der Waals surface area contributed by atoms with Crippen LogP contribution in [0.25, 0.3) is 11.4 Å². The summed E-state index contributed by atoms with van der Waals surface area (Å²) in [5, 5.41) is 3.17. The fraction of sp³-hybridized carbons (Fsp3) is 0.188. The smallest absolute Gasteiger partial charge is 0.325 e. The summed E-state index contributed by atoms with van der Waals surface area (Å²) < 4.78 is 0. The maximum absolute atomic E-state index is 11.6. The Morgan fingerprint density at radius 1 is 1.25 bits per heavy atom. The molecule has 24 heavy (non-hydrogen) atoms. The minimum absolute atomic E-state index is 0.379. The second kappa shape index (κ2) is 6.86. The van der Waals surface area contributed by atoms with E-state index in [0.29, 0.717) is 30.2 Å². The fourth-order valence-corrected chi connectivity index (χ4v) is 2.23. The molecule has 0 fully saturated rings. The number of aromatic amines is 2. The van der Waals surface area contributed by atoms with Gasteiger partial charge in [-0.15, -0.1) is 0 Å². The van der Waals surface area contributed by atoms with E-state index in [1.165, 1.54) is 6.20 Å². The molecule has 0 saturated carbocycles. The quantitative estimate of drug-likeness (QED) is 0.641. The fourth-order valence-electron chi connectivity index (χ4n) is 2.23. The highest BCUT2D eigenvalue weighted by molar-refractivity contribution is 5.56. The number of aromatic nitrogens is 5. The van der Waals surface area contributed by atoms with Crippen LogP contribution in [0.5, 0.6) is 0 Å². The highest BCUT2D eigenvalue weighted by Crippen LogP contribution is 2.16. The van der Waals surface area contributed by atoms with E-state index in [-0.39, 0.29) is 5.56 Å². The Labute approximate surface area is 137 Å². The van der Waals surface area contributed by atoms with Crippen LogP contribution in [0.1, 0.15) is 11.3 Å². The number of pyridine rings is 1. The Morgan fingerprint density at radius 3 is 2.88 bits per heavy atom. The van der Waals surface area contributed by atoms with Crippen molar-refractivity contribution in [3.8, 4) is 11.4 Å². The zero-order valence-corrected chi connectivity index (χ0v) is 13.0. The number of nitrogens with one attached hydrogen (secondary N) is 3. The minimum Gasteiger partial charge on any atom is -0.370 e. The Hall–Kier alpha value is -3.29. The third-order valence-corrected chi connectivity index (χ3v) is 3.37. The number of rotatable bonds is 5. The summed E-state index contributed by atoms with van der Waals surface area (Å²) in [6, 6.07) is 5.55. The van der Waals surface area contributed by atoms with E-state index in [1.54, 1.807) is 12.4 Å². The number of hydrogen-bond acceptors (Lipinski definition) is 6. The summed E-state index contributed by atoms with van der Waals surface area (Å²) in [5.74, 6) is 1.26. The molecular formula is C16H16N6O2. The molecule has 3 N–H and O–H groups in total. The monoisotopic (exact) mass is 324 g/mol. The molecule has 8 heteroatoms. The molecule has 0 atom stereocenters. The van der Waals surface area contributed by atoms with Crippen molar-refractivity contribution in [2.45, 2.75) is 13.3 Å². The molecule has 0 bridgehead atoms. The topological polar surface area (TPSA) is 116 Å². The van der Waals surface area contributed by atoms with E-state index >= 15 is 0 Å². The van der Waals surface area contributed by atoms with Crippen LogP contribution < -0.4 is 16.6 Å². The summed E-state index contributed by atoms with van der Waals surface area (Å²) >= 11 is 0.